The van der Waals surface area contributed by atoms with Crippen LogP contribution in [0.2, 0.25) is 0 Å². The monoisotopic (exact) mass is 401 g/mol. The minimum Gasteiger partial charge on any atom is -0.495 e. The van der Waals surface area contributed by atoms with E-state index in [1.807, 2.05) is 31.2 Å². The Hall–Kier alpha value is -3.33. The molecule has 0 fully saturated rings. The molecule has 8 nitrogen and oxygen atoms in total. The van der Waals surface area contributed by atoms with Gasteiger partial charge in [0, 0.05) is 17.3 Å². The van der Waals surface area contributed by atoms with E-state index in [9.17, 15) is 13.2 Å². The number of amides is 1. The number of rotatable bonds is 6. The number of benzene rings is 2. The van der Waals surface area contributed by atoms with Crippen molar-refractivity contribution in [3.8, 4) is 17.0 Å². The maximum Gasteiger partial charge on any atom is 0.294 e. The number of aromatic nitrogens is 1. The molecule has 2 aromatic carbocycles. The van der Waals surface area contributed by atoms with Gasteiger partial charge in [0.25, 0.3) is 5.91 Å². The van der Waals surface area contributed by atoms with E-state index in [1.165, 1.54) is 13.2 Å². The van der Waals surface area contributed by atoms with Gasteiger partial charge in [-0.3, -0.25) is 9.52 Å². The van der Waals surface area contributed by atoms with Gasteiger partial charge in [-0.2, -0.15) is 0 Å². The van der Waals surface area contributed by atoms with Crippen molar-refractivity contribution >= 4 is 27.3 Å². The highest BCUT2D eigenvalue weighted by molar-refractivity contribution is 7.92. The number of ether oxygens (including phenoxy) is 1. The third-order valence-electron chi connectivity index (χ3n) is 3.83. The molecule has 3 rings (SSSR count). The van der Waals surface area contributed by atoms with Crippen molar-refractivity contribution in [3.63, 3.8) is 0 Å². The van der Waals surface area contributed by atoms with Crippen LogP contribution in [0.25, 0.3) is 11.3 Å². The molecule has 0 saturated heterocycles. The fraction of sp³-hybridized carbons (Fsp3) is 0.158. The van der Waals surface area contributed by atoms with Crippen molar-refractivity contribution in [2.24, 2.45) is 0 Å². The van der Waals surface area contributed by atoms with Gasteiger partial charge in [-0.1, -0.05) is 35.0 Å². The van der Waals surface area contributed by atoms with Crippen molar-refractivity contribution in [2.45, 2.75) is 6.92 Å². The Morgan fingerprint density at radius 1 is 1.11 bits per heavy atom. The molecule has 0 bridgehead atoms. The zero-order chi connectivity index (χ0) is 20.3. The summed E-state index contributed by atoms with van der Waals surface area (Å²) in [6, 6.07) is 13.8. The van der Waals surface area contributed by atoms with E-state index in [2.05, 4.69) is 15.2 Å². The number of methoxy groups -OCH3 is 1. The number of nitrogens with one attached hydrogen (secondary N) is 2. The van der Waals surface area contributed by atoms with Crippen molar-refractivity contribution in [1.29, 1.82) is 0 Å². The van der Waals surface area contributed by atoms with E-state index in [1.54, 1.807) is 18.2 Å². The van der Waals surface area contributed by atoms with Crippen LogP contribution in [0.4, 0.5) is 11.4 Å². The maximum atomic E-state index is 12.4. The highest BCUT2D eigenvalue weighted by Crippen LogP contribution is 2.29. The summed E-state index contributed by atoms with van der Waals surface area (Å²) >= 11 is 0. The molecule has 0 unspecified atom stereocenters. The summed E-state index contributed by atoms with van der Waals surface area (Å²) in [7, 11) is -2.09. The normalized spacial score (nSPS) is 11.1. The third-order valence-corrected chi connectivity index (χ3v) is 4.42. The number of sulfonamides is 1. The highest BCUT2D eigenvalue weighted by atomic mass is 32.2. The Morgan fingerprint density at radius 2 is 1.82 bits per heavy atom. The lowest BCUT2D eigenvalue weighted by Gasteiger charge is -2.12. The van der Waals surface area contributed by atoms with Crippen molar-refractivity contribution in [2.75, 3.05) is 23.4 Å². The molecule has 1 aromatic heterocycles. The first-order valence-corrected chi connectivity index (χ1v) is 10.2. The van der Waals surface area contributed by atoms with Crippen LogP contribution in [0.5, 0.6) is 5.75 Å². The minimum absolute atomic E-state index is 0.0315. The number of aryl methyl sites for hydroxylation is 1. The van der Waals surface area contributed by atoms with Crippen LogP contribution in [-0.2, 0) is 10.0 Å². The molecule has 0 spiro atoms. The molecule has 0 radical (unpaired) electrons. The Labute approximate surface area is 162 Å². The quantitative estimate of drug-likeness (QED) is 0.656. The van der Waals surface area contributed by atoms with Gasteiger partial charge in [0.05, 0.1) is 19.1 Å². The standard InChI is InChI=1S/C19H19N3O5S/c1-12-4-6-13(7-5-12)15-11-18(27-21-15)19(23)20-14-8-9-17(26-2)16(10-14)22-28(3,24)25/h4-11,22H,1-3H3,(H,20,23). The molecule has 146 valence electrons. The van der Waals surface area contributed by atoms with Crippen LogP contribution in [0.3, 0.4) is 0 Å². The Morgan fingerprint density at radius 3 is 2.46 bits per heavy atom. The summed E-state index contributed by atoms with van der Waals surface area (Å²) < 4.78 is 35.6. The van der Waals surface area contributed by atoms with Gasteiger partial charge in [-0.15, -0.1) is 0 Å². The van der Waals surface area contributed by atoms with E-state index >= 15 is 0 Å². The number of hydrogen-bond acceptors (Lipinski definition) is 6. The van der Waals surface area contributed by atoms with Crippen LogP contribution < -0.4 is 14.8 Å². The van der Waals surface area contributed by atoms with Crippen LogP contribution in [0, 0.1) is 6.92 Å². The second kappa shape index (κ2) is 7.73. The van der Waals surface area contributed by atoms with E-state index in [0.717, 1.165) is 17.4 Å². The first kappa shape index (κ1) is 19.4. The zero-order valence-corrected chi connectivity index (χ0v) is 16.3. The average Bonchev–Trinajstić information content (AvgIpc) is 3.11. The molecule has 1 amide bonds. The summed E-state index contributed by atoms with van der Waals surface area (Å²) in [5, 5.41) is 6.57. The summed E-state index contributed by atoms with van der Waals surface area (Å²) in [5.41, 5.74) is 3.06. The molecule has 0 atom stereocenters. The zero-order valence-electron chi connectivity index (χ0n) is 15.5. The Balaban J connectivity index is 1.79. The fourth-order valence-electron chi connectivity index (χ4n) is 2.50. The summed E-state index contributed by atoms with van der Waals surface area (Å²) in [6.07, 6.45) is 1.03. The topological polar surface area (TPSA) is 111 Å². The molecule has 0 aliphatic rings. The van der Waals surface area contributed by atoms with Crippen LogP contribution >= 0.6 is 0 Å². The van der Waals surface area contributed by atoms with Crippen LogP contribution in [0.1, 0.15) is 16.1 Å². The molecule has 2 N–H and O–H groups in total. The van der Waals surface area contributed by atoms with E-state index in [4.69, 9.17) is 9.26 Å². The highest BCUT2D eigenvalue weighted by Gasteiger charge is 2.16. The van der Waals surface area contributed by atoms with E-state index in [0.29, 0.717) is 17.1 Å². The predicted octanol–water partition coefficient (Wildman–Crippen LogP) is 3.28. The minimum atomic E-state index is -3.51. The van der Waals surface area contributed by atoms with E-state index in [-0.39, 0.29) is 11.4 Å². The summed E-state index contributed by atoms with van der Waals surface area (Å²) in [4.78, 5) is 12.4. The Bertz CT molecular complexity index is 1100. The smallest absolute Gasteiger partial charge is 0.294 e. The summed E-state index contributed by atoms with van der Waals surface area (Å²) in [5.74, 6) is -0.157. The number of carbonyl (C=O) groups excluding carboxylic acids is 1. The maximum absolute atomic E-state index is 12.4. The van der Waals surface area contributed by atoms with Gasteiger partial charge >= 0.3 is 0 Å². The average molecular weight is 401 g/mol. The molecule has 0 aliphatic carbocycles. The predicted molar refractivity (Wildman–Crippen MR) is 106 cm³/mol. The van der Waals surface area contributed by atoms with Crippen molar-refractivity contribution in [3.05, 3.63) is 59.9 Å². The van der Waals surface area contributed by atoms with E-state index < -0.39 is 15.9 Å². The molecular weight excluding hydrogens is 382 g/mol. The van der Waals surface area contributed by atoms with Crippen molar-refractivity contribution in [1.82, 2.24) is 5.16 Å². The number of carbonyl (C=O) groups is 1. The van der Waals surface area contributed by atoms with Crippen molar-refractivity contribution < 1.29 is 22.5 Å². The van der Waals surface area contributed by atoms with Crippen LogP contribution in [0.15, 0.2) is 53.1 Å². The molecule has 0 aliphatic heterocycles. The van der Waals surface area contributed by atoms with Gasteiger partial charge < -0.3 is 14.6 Å². The number of hydrogen-bond donors (Lipinski definition) is 2. The molecule has 3 aromatic rings. The van der Waals surface area contributed by atoms with Crippen LogP contribution in [-0.4, -0.2) is 32.8 Å². The number of nitrogens with zero attached hydrogens (tertiary/aromatic N) is 1. The largest absolute Gasteiger partial charge is 0.495 e. The molecule has 9 heteroatoms. The lowest BCUT2D eigenvalue weighted by Crippen LogP contribution is -2.13. The molecule has 28 heavy (non-hydrogen) atoms. The third kappa shape index (κ3) is 4.68. The molecule has 1 heterocycles. The number of anilines is 2. The summed E-state index contributed by atoms with van der Waals surface area (Å²) in [6.45, 7) is 1.98. The lowest BCUT2D eigenvalue weighted by atomic mass is 10.1. The second-order valence-corrected chi connectivity index (χ2v) is 7.93. The Kier molecular flexibility index (Phi) is 5.36. The SMILES string of the molecule is COc1ccc(NC(=O)c2cc(-c3ccc(C)cc3)no2)cc1NS(C)(=O)=O. The van der Waals surface area contributed by atoms with Gasteiger partial charge in [-0.25, -0.2) is 8.42 Å². The second-order valence-electron chi connectivity index (χ2n) is 6.19. The van der Waals surface area contributed by atoms with Gasteiger partial charge in [0.2, 0.25) is 15.8 Å². The van der Waals surface area contributed by atoms with Gasteiger partial charge in [0.15, 0.2) is 0 Å². The molecule has 0 saturated carbocycles. The first-order chi connectivity index (χ1) is 13.2. The fourth-order valence-corrected chi connectivity index (χ4v) is 3.06. The first-order valence-electron chi connectivity index (χ1n) is 8.26. The molecular formula is C19H19N3O5S. The lowest BCUT2D eigenvalue weighted by molar-refractivity contribution is 0.0988. The van der Waals surface area contributed by atoms with Gasteiger partial charge in [0.1, 0.15) is 11.4 Å². The van der Waals surface area contributed by atoms with Gasteiger partial charge in [-0.05, 0) is 25.1 Å².